The van der Waals surface area contributed by atoms with E-state index in [2.05, 4.69) is 19.9 Å². The normalized spacial score (nSPS) is 13.8. The minimum atomic E-state index is -1.27. The molecule has 2 heterocycles. The van der Waals surface area contributed by atoms with Crippen LogP contribution in [0.2, 0.25) is 0 Å². The molecule has 2 unspecified atom stereocenters. The number of benzene rings is 2. The van der Waals surface area contributed by atoms with Gasteiger partial charge in [0.2, 0.25) is 0 Å². The van der Waals surface area contributed by atoms with Gasteiger partial charge in [-0.05, 0) is 24.3 Å². The van der Waals surface area contributed by atoms with E-state index in [1.165, 1.54) is 0 Å². The van der Waals surface area contributed by atoms with Crippen molar-refractivity contribution in [3.63, 3.8) is 0 Å². The van der Waals surface area contributed by atoms with Crippen molar-refractivity contribution in [2.45, 2.75) is 12.2 Å². The summed E-state index contributed by atoms with van der Waals surface area (Å²) in [6, 6.07) is 10.7. The summed E-state index contributed by atoms with van der Waals surface area (Å²) in [7, 11) is 3.15. The third kappa shape index (κ3) is 2.75. The van der Waals surface area contributed by atoms with Crippen LogP contribution in [0.5, 0.6) is 11.5 Å². The van der Waals surface area contributed by atoms with E-state index >= 15 is 0 Å². The Hall–Kier alpha value is -3.10. The fourth-order valence-corrected chi connectivity index (χ4v) is 2.85. The monoisotopic (exact) mass is 354 g/mol. The topological polar surface area (TPSA) is 116 Å². The van der Waals surface area contributed by atoms with Crippen LogP contribution >= 0.6 is 0 Å². The number of hydrogen-bond acceptors (Lipinski definition) is 6. The van der Waals surface area contributed by atoms with Crippen molar-refractivity contribution in [3.05, 3.63) is 48.0 Å². The third-order valence-electron chi connectivity index (χ3n) is 4.27. The molecule has 0 aliphatic heterocycles. The highest BCUT2D eigenvalue weighted by atomic mass is 16.5. The van der Waals surface area contributed by atoms with Gasteiger partial charge in [0, 0.05) is 12.1 Å². The first-order valence-corrected chi connectivity index (χ1v) is 8.02. The minimum Gasteiger partial charge on any atom is -0.497 e. The van der Waals surface area contributed by atoms with Gasteiger partial charge in [-0.2, -0.15) is 0 Å². The molecule has 0 aliphatic rings. The molecule has 2 aromatic carbocycles. The SMILES string of the molecule is COc1ccc2nc(C(O)C(O)c3nc4ccc(OC)cc4[nH]3)[nH]c2c1. The Morgan fingerprint density at radius 3 is 1.58 bits per heavy atom. The van der Waals surface area contributed by atoms with E-state index in [1.54, 1.807) is 50.6 Å². The summed E-state index contributed by atoms with van der Waals surface area (Å²) < 4.78 is 10.4. The fourth-order valence-electron chi connectivity index (χ4n) is 2.85. The van der Waals surface area contributed by atoms with Crippen molar-refractivity contribution in [2.75, 3.05) is 14.2 Å². The molecule has 8 nitrogen and oxygen atoms in total. The highest BCUT2D eigenvalue weighted by Crippen LogP contribution is 2.29. The average molecular weight is 354 g/mol. The molecule has 2 aromatic heterocycles. The Bertz CT molecular complexity index is 986. The molecule has 26 heavy (non-hydrogen) atoms. The molecular formula is C18H18N4O4. The zero-order chi connectivity index (χ0) is 18.3. The molecule has 0 saturated carbocycles. The zero-order valence-corrected chi connectivity index (χ0v) is 14.2. The van der Waals surface area contributed by atoms with Crippen LogP contribution in [-0.4, -0.2) is 44.4 Å². The maximum absolute atomic E-state index is 10.5. The largest absolute Gasteiger partial charge is 0.497 e. The van der Waals surface area contributed by atoms with Gasteiger partial charge < -0.3 is 29.7 Å². The van der Waals surface area contributed by atoms with Crippen LogP contribution < -0.4 is 9.47 Å². The average Bonchev–Trinajstić information content (AvgIpc) is 3.29. The Morgan fingerprint density at radius 1 is 0.769 bits per heavy atom. The first kappa shape index (κ1) is 16.4. The van der Waals surface area contributed by atoms with E-state index in [4.69, 9.17) is 9.47 Å². The summed E-state index contributed by atoms with van der Waals surface area (Å²) in [6.07, 6.45) is -2.54. The summed E-state index contributed by atoms with van der Waals surface area (Å²) >= 11 is 0. The van der Waals surface area contributed by atoms with Gasteiger partial charge in [-0.15, -0.1) is 0 Å². The Balaban J connectivity index is 1.65. The summed E-state index contributed by atoms with van der Waals surface area (Å²) in [5.74, 6) is 1.85. The molecule has 0 spiro atoms. The molecule has 0 bridgehead atoms. The van der Waals surface area contributed by atoms with Crippen LogP contribution in [-0.2, 0) is 0 Å². The molecule has 4 rings (SSSR count). The standard InChI is InChI=1S/C18H18N4O4/c1-25-9-3-5-11-13(7-9)21-17(19-11)15(23)16(24)18-20-12-6-4-10(26-2)8-14(12)22-18/h3-8,15-16,23-24H,1-2H3,(H,19,21)(H,20,22). The number of aliphatic hydroxyl groups excluding tert-OH is 2. The first-order valence-electron chi connectivity index (χ1n) is 8.02. The summed E-state index contributed by atoms with van der Waals surface area (Å²) in [6.45, 7) is 0. The van der Waals surface area contributed by atoms with Gasteiger partial charge >= 0.3 is 0 Å². The van der Waals surface area contributed by atoms with E-state index in [0.717, 1.165) is 0 Å². The molecule has 4 N–H and O–H groups in total. The Morgan fingerprint density at radius 2 is 1.19 bits per heavy atom. The van der Waals surface area contributed by atoms with Crippen molar-refractivity contribution >= 4 is 22.1 Å². The number of rotatable bonds is 5. The highest BCUT2D eigenvalue weighted by molar-refractivity contribution is 5.77. The van der Waals surface area contributed by atoms with Crippen molar-refractivity contribution in [1.82, 2.24) is 19.9 Å². The van der Waals surface area contributed by atoms with Crippen molar-refractivity contribution in [2.24, 2.45) is 0 Å². The smallest absolute Gasteiger partial charge is 0.145 e. The number of aliphatic hydroxyl groups is 2. The molecule has 0 saturated heterocycles. The van der Waals surface area contributed by atoms with Gasteiger partial charge in [0.25, 0.3) is 0 Å². The van der Waals surface area contributed by atoms with Gasteiger partial charge in [-0.3, -0.25) is 0 Å². The second-order valence-corrected chi connectivity index (χ2v) is 5.90. The van der Waals surface area contributed by atoms with E-state index < -0.39 is 12.2 Å². The summed E-state index contributed by atoms with van der Waals surface area (Å²) in [5.41, 5.74) is 2.75. The van der Waals surface area contributed by atoms with Gasteiger partial charge in [-0.25, -0.2) is 9.97 Å². The number of ether oxygens (including phenoxy) is 2. The Labute approximate surface area is 148 Å². The van der Waals surface area contributed by atoms with Crippen LogP contribution in [0, 0.1) is 0 Å². The number of methoxy groups -OCH3 is 2. The maximum Gasteiger partial charge on any atom is 0.145 e. The quantitative estimate of drug-likeness (QED) is 0.437. The first-order chi connectivity index (χ1) is 12.6. The van der Waals surface area contributed by atoms with Crippen LogP contribution in [0.4, 0.5) is 0 Å². The number of nitrogens with one attached hydrogen (secondary N) is 2. The van der Waals surface area contributed by atoms with Gasteiger partial charge in [0.05, 0.1) is 36.3 Å². The number of nitrogens with zero attached hydrogens (tertiary/aromatic N) is 2. The number of aromatic nitrogens is 4. The molecule has 134 valence electrons. The van der Waals surface area contributed by atoms with Crippen molar-refractivity contribution < 1.29 is 19.7 Å². The molecular weight excluding hydrogens is 336 g/mol. The lowest BCUT2D eigenvalue weighted by molar-refractivity contribution is 0.00780. The number of hydrogen-bond donors (Lipinski definition) is 4. The van der Waals surface area contributed by atoms with E-state index in [1.807, 2.05) is 0 Å². The summed E-state index contributed by atoms with van der Waals surface area (Å²) in [5, 5.41) is 21.1. The van der Waals surface area contributed by atoms with Crippen molar-refractivity contribution in [3.8, 4) is 11.5 Å². The van der Waals surface area contributed by atoms with Gasteiger partial charge in [0.1, 0.15) is 35.4 Å². The lowest BCUT2D eigenvalue weighted by atomic mass is 10.2. The molecule has 0 aliphatic carbocycles. The summed E-state index contributed by atoms with van der Waals surface area (Å²) in [4.78, 5) is 14.7. The molecule has 4 aromatic rings. The Kier molecular flexibility index (Phi) is 3.98. The van der Waals surface area contributed by atoms with Crippen LogP contribution in [0.3, 0.4) is 0 Å². The maximum atomic E-state index is 10.5. The fraction of sp³-hybridized carbons (Fsp3) is 0.222. The zero-order valence-electron chi connectivity index (χ0n) is 14.2. The lowest BCUT2D eigenvalue weighted by Crippen LogP contribution is -2.13. The molecule has 0 radical (unpaired) electrons. The van der Waals surface area contributed by atoms with Gasteiger partial charge in [-0.1, -0.05) is 0 Å². The second-order valence-electron chi connectivity index (χ2n) is 5.90. The molecule has 0 amide bonds. The van der Waals surface area contributed by atoms with Gasteiger partial charge in [0.15, 0.2) is 0 Å². The van der Waals surface area contributed by atoms with E-state index in [0.29, 0.717) is 33.6 Å². The number of H-pyrrole nitrogens is 2. The van der Waals surface area contributed by atoms with Crippen LogP contribution in [0.15, 0.2) is 36.4 Å². The predicted molar refractivity (Wildman–Crippen MR) is 95.2 cm³/mol. The predicted octanol–water partition coefficient (Wildman–Crippen LogP) is 2.22. The molecule has 0 fully saturated rings. The second kappa shape index (κ2) is 6.32. The lowest BCUT2D eigenvalue weighted by Gasteiger charge is -2.13. The van der Waals surface area contributed by atoms with E-state index in [9.17, 15) is 10.2 Å². The van der Waals surface area contributed by atoms with Crippen LogP contribution in [0.25, 0.3) is 22.1 Å². The molecule has 8 heteroatoms. The molecule has 2 atom stereocenters. The highest BCUT2D eigenvalue weighted by Gasteiger charge is 2.26. The number of fused-ring (bicyclic) bond motifs is 2. The van der Waals surface area contributed by atoms with Crippen LogP contribution in [0.1, 0.15) is 23.9 Å². The van der Waals surface area contributed by atoms with E-state index in [-0.39, 0.29) is 11.6 Å². The van der Waals surface area contributed by atoms with Crippen molar-refractivity contribution in [1.29, 1.82) is 0 Å². The minimum absolute atomic E-state index is 0.249. The number of aromatic amines is 2. The number of imidazole rings is 2. The third-order valence-corrected chi connectivity index (χ3v) is 4.27.